The number of imide groups is 1. The number of nitrogens with zero attached hydrogens (tertiary/aromatic N) is 1. The van der Waals surface area contributed by atoms with E-state index in [-0.39, 0.29) is 24.2 Å². The molecule has 31 heavy (non-hydrogen) atoms. The average molecular weight is 541 g/mol. The van der Waals surface area contributed by atoms with E-state index in [2.05, 4.69) is 31.9 Å². The number of carbonyl (C=O) groups excluding carboxylic acids is 2. The molecule has 2 atom stereocenters. The van der Waals surface area contributed by atoms with Gasteiger partial charge >= 0.3 is 0 Å². The van der Waals surface area contributed by atoms with Crippen LogP contribution in [0.3, 0.4) is 0 Å². The van der Waals surface area contributed by atoms with Crippen LogP contribution >= 0.6 is 31.9 Å². The van der Waals surface area contributed by atoms with Gasteiger partial charge in [-0.15, -0.1) is 0 Å². The van der Waals surface area contributed by atoms with Crippen molar-refractivity contribution in [2.45, 2.75) is 15.2 Å². The molecule has 3 nitrogen and oxygen atoms in total. The lowest BCUT2D eigenvalue weighted by atomic mass is 9.54. The van der Waals surface area contributed by atoms with Gasteiger partial charge in [-0.1, -0.05) is 92.5 Å². The Bertz CT molecular complexity index is 1150. The zero-order chi connectivity index (χ0) is 21.5. The Morgan fingerprint density at radius 1 is 0.710 bits per heavy atom. The minimum absolute atomic E-state index is 0.129. The molecule has 0 radical (unpaired) electrons. The molecule has 3 aliphatic carbocycles. The minimum atomic E-state index is -0.787. The summed E-state index contributed by atoms with van der Waals surface area (Å²) in [5, 5.41) is 0. The summed E-state index contributed by atoms with van der Waals surface area (Å²) in [7, 11) is 0. The van der Waals surface area contributed by atoms with Crippen molar-refractivity contribution in [1.29, 1.82) is 0 Å². The standard InChI is InChI=1S/C25H16Br2FNO2/c26-24-16-5-1-2-6-17(16)25(27,19-8-4-3-7-18(19)24)21-20(24)22(30)29(23(21)31)13-14-9-11-15(28)12-10-14/h1-12,20-21H,13H2/t20-,21-,24?,25?/m1/s1. The third-order valence-electron chi connectivity index (χ3n) is 6.93. The smallest absolute Gasteiger partial charge is 0.235 e. The summed E-state index contributed by atoms with van der Waals surface area (Å²) < 4.78 is 11.8. The first-order chi connectivity index (χ1) is 14.9. The first-order valence-corrected chi connectivity index (χ1v) is 11.6. The quantitative estimate of drug-likeness (QED) is 0.329. The number of likely N-dealkylation sites (tertiary alicyclic amines) is 1. The van der Waals surface area contributed by atoms with Gasteiger partial charge in [-0.3, -0.25) is 14.5 Å². The molecular formula is C25H16Br2FNO2. The summed E-state index contributed by atoms with van der Waals surface area (Å²) in [6, 6.07) is 21.9. The minimum Gasteiger partial charge on any atom is -0.277 e. The average Bonchev–Trinajstić information content (AvgIpc) is 3.05. The summed E-state index contributed by atoms with van der Waals surface area (Å²) >= 11 is 7.96. The number of hydrogen-bond acceptors (Lipinski definition) is 2. The normalized spacial score (nSPS) is 30.2. The van der Waals surface area contributed by atoms with Gasteiger partial charge in [-0.05, 0) is 39.9 Å². The third-order valence-corrected chi connectivity index (χ3v) is 9.63. The van der Waals surface area contributed by atoms with E-state index in [4.69, 9.17) is 0 Å². The van der Waals surface area contributed by atoms with Gasteiger partial charge in [0.2, 0.25) is 11.8 Å². The van der Waals surface area contributed by atoms with Crippen LogP contribution in [-0.4, -0.2) is 16.7 Å². The van der Waals surface area contributed by atoms with Crippen LogP contribution in [-0.2, 0) is 24.8 Å². The van der Waals surface area contributed by atoms with E-state index >= 15 is 0 Å². The van der Waals surface area contributed by atoms with Crippen molar-refractivity contribution >= 4 is 43.7 Å². The monoisotopic (exact) mass is 539 g/mol. The van der Waals surface area contributed by atoms with Crippen molar-refractivity contribution < 1.29 is 14.0 Å². The van der Waals surface area contributed by atoms with Crippen LogP contribution in [0.1, 0.15) is 27.8 Å². The number of hydrogen-bond donors (Lipinski definition) is 0. The topological polar surface area (TPSA) is 37.4 Å². The molecule has 2 amide bonds. The SMILES string of the molecule is O=C1[C@H]2[C@H](C(=O)N1Cc1ccc(F)cc1)C1(Br)c3ccccc3C2(Br)c2ccccc21. The van der Waals surface area contributed by atoms with Crippen molar-refractivity contribution in [3.05, 3.63) is 106 Å². The molecule has 3 aromatic rings. The maximum atomic E-state index is 13.8. The molecule has 0 saturated carbocycles. The summed E-state index contributed by atoms with van der Waals surface area (Å²) in [6.45, 7) is 0.129. The molecule has 0 spiro atoms. The van der Waals surface area contributed by atoms with Gasteiger partial charge in [-0.2, -0.15) is 0 Å². The van der Waals surface area contributed by atoms with E-state index in [1.165, 1.54) is 17.0 Å². The molecule has 4 aliphatic rings. The summed E-state index contributed by atoms with van der Waals surface area (Å²) in [4.78, 5) is 28.9. The Balaban J connectivity index is 1.56. The van der Waals surface area contributed by atoms with Crippen molar-refractivity contribution in [3.8, 4) is 0 Å². The molecule has 1 heterocycles. The molecule has 3 aromatic carbocycles. The van der Waals surface area contributed by atoms with Crippen LogP contribution in [0, 0.1) is 17.7 Å². The number of rotatable bonds is 2. The Hall–Kier alpha value is -2.31. The number of carbonyl (C=O) groups is 2. The zero-order valence-electron chi connectivity index (χ0n) is 16.2. The summed E-state index contributed by atoms with van der Waals surface area (Å²) in [5.41, 5.74) is 4.76. The van der Waals surface area contributed by atoms with E-state index < -0.39 is 20.5 Å². The van der Waals surface area contributed by atoms with E-state index in [0.29, 0.717) is 0 Å². The molecule has 154 valence electrons. The Morgan fingerprint density at radius 3 is 1.48 bits per heavy atom. The van der Waals surface area contributed by atoms with Crippen LogP contribution < -0.4 is 0 Å². The fourth-order valence-electron chi connectivity index (χ4n) is 5.65. The van der Waals surface area contributed by atoms with Gasteiger partial charge in [0, 0.05) is 0 Å². The first kappa shape index (κ1) is 19.4. The van der Waals surface area contributed by atoms with Crippen molar-refractivity contribution in [2.75, 3.05) is 0 Å². The molecule has 0 N–H and O–H groups in total. The Kier molecular flexibility index (Phi) is 3.98. The van der Waals surface area contributed by atoms with Crippen molar-refractivity contribution in [2.24, 2.45) is 11.8 Å². The van der Waals surface area contributed by atoms with Crippen LogP contribution in [0.4, 0.5) is 4.39 Å². The highest BCUT2D eigenvalue weighted by Crippen LogP contribution is 2.70. The number of benzene rings is 3. The maximum Gasteiger partial charge on any atom is 0.235 e. The molecule has 0 aromatic heterocycles. The van der Waals surface area contributed by atoms with Crippen LogP contribution in [0.2, 0.25) is 0 Å². The highest BCUT2D eigenvalue weighted by Gasteiger charge is 2.72. The lowest BCUT2D eigenvalue weighted by Gasteiger charge is -2.55. The fourth-order valence-corrected chi connectivity index (χ4v) is 7.96. The second-order valence-electron chi connectivity index (χ2n) is 8.36. The molecule has 0 unspecified atom stereocenters. The Morgan fingerprint density at radius 2 is 1.10 bits per heavy atom. The van der Waals surface area contributed by atoms with Crippen molar-refractivity contribution in [3.63, 3.8) is 0 Å². The van der Waals surface area contributed by atoms with Gasteiger partial charge in [0.15, 0.2) is 0 Å². The molecule has 1 fully saturated rings. The van der Waals surface area contributed by atoms with Crippen LogP contribution in [0.25, 0.3) is 0 Å². The van der Waals surface area contributed by atoms with Gasteiger partial charge in [0.1, 0.15) is 5.82 Å². The lowest BCUT2D eigenvalue weighted by Crippen LogP contribution is -2.56. The second kappa shape index (κ2) is 6.36. The molecule has 2 bridgehead atoms. The summed E-state index contributed by atoms with van der Waals surface area (Å²) in [6.07, 6.45) is 0. The fraction of sp³-hybridized carbons (Fsp3) is 0.200. The predicted molar refractivity (Wildman–Crippen MR) is 121 cm³/mol. The first-order valence-electron chi connectivity index (χ1n) is 10.1. The van der Waals surface area contributed by atoms with E-state index in [9.17, 15) is 14.0 Å². The van der Waals surface area contributed by atoms with E-state index in [1.807, 2.05) is 48.5 Å². The molecule has 7 rings (SSSR count). The lowest BCUT2D eigenvalue weighted by molar-refractivity contribution is -0.140. The number of halogens is 3. The van der Waals surface area contributed by atoms with Gasteiger partial charge in [-0.25, -0.2) is 4.39 Å². The highest BCUT2D eigenvalue weighted by atomic mass is 79.9. The van der Waals surface area contributed by atoms with Crippen molar-refractivity contribution in [1.82, 2.24) is 4.90 Å². The third kappa shape index (κ3) is 2.27. The highest BCUT2D eigenvalue weighted by molar-refractivity contribution is 9.10. The van der Waals surface area contributed by atoms with Gasteiger partial charge in [0.25, 0.3) is 0 Å². The molecular weight excluding hydrogens is 525 g/mol. The zero-order valence-corrected chi connectivity index (χ0v) is 19.4. The molecule has 6 heteroatoms. The van der Waals surface area contributed by atoms with Gasteiger partial charge in [0.05, 0.1) is 27.0 Å². The predicted octanol–water partition coefficient (Wildman–Crippen LogP) is 5.23. The van der Waals surface area contributed by atoms with E-state index in [1.54, 1.807) is 12.1 Å². The maximum absolute atomic E-state index is 13.8. The van der Waals surface area contributed by atoms with Crippen LogP contribution in [0.5, 0.6) is 0 Å². The largest absolute Gasteiger partial charge is 0.277 e. The van der Waals surface area contributed by atoms with Crippen LogP contribution in [0.15, 0.2) is 72.8 Å². The summed E-state index contributed by atoms with van der Waals surface area (Å²) in [5.74, 6) is -1.92. The van der Waals surface area contributed by atoms with E-state index in [0.717, 1.165) is 27.8 Å². The molecule has 1 aliphatic heterocycles. The Labute approximate surface area is 195 Å². The second-order valence-corrected chi connectivity index (χ2v) is 10.9. The molecule has 1 saturated heterocycles. The number of amides is 2. The van der Waals surface area contributed by atoms with Gasteiger partial charge < -0.3 is 0 Å². The number of alkyl halides is 2.